The van der Waals surface area contributed by atoms with E-state index in [9.17, 15) is 14.7 Å². The molecular formula is C15H19NO4. The van der Waals surface area contributed by atoms with Crippen LogP contribution < -0.4 is 0 Å². The van der Waals surface area contributed by atoms with Gasteiger partial charge in [-0.25, -0.2) is 0 Å². The van der Waals surface area contributed by atoms with Gasteiger partial charge in [0.05, 0.1) is 12.5 Å². The van der Waals surface area contributed by atoms with E-state index in [0.29, 0.717) is 25.3 Å². The first-order valence-electron chi connectivity index (χ1n) is 6.86. The van der Waals surface area contributed by atoms with Gasteiger partial charge >= 0.3 is 5.97 Å². The van der Waals surface area contributed by atoms with E-state index >= 15 is 0 Å². The Balaban J connectivity index is 2.05. The highest BCUT2D eigenvalue weighted by atomic mass is 16.5. The predicted molar refractivity (Wildman–Crippen MR) is 73.4 cm³/mol. The van der Waals surface area contributed by atoms with Gasteiger partial charge in [0, 0.05) is 18.7 Å². The van der Waals surface area contributed by atoms with E-state index in [4.69, 9.17) is 4.74 Å². The summed E-state index contributed by atoms with van der Waals surface area (Å²) in [4.78, 5) is 25.8. The second-order valence-corrected chi connectivity index (χ2v) is 4.89. The molecule has 108 valence electrons. The molecule has 0 spiro atoms. The zero-order chi connectivity index (χ0) is 14.5. The number of phenols is 1. The third kappa shape index (κ3) is 3.29. The lowest BCUT2D eigenvalue weighted by Gasteiger charge is -2.31. The van der Waals surface area contributed by atoms with Gasteiger partial charge in [0.1, 0.15) is 5.75 Å². The predicted octanol–water partition coefficient (Wildman–Crippen LogP) is 1.81. The van der Waals surface area contributed by atoms with Gasteiger partial charge in [-0.05, 0) is 38.0 Å². The van der Waals surface area contributed by atoms with Gasteiger partial charge in [-0.3, -0.25) is 9.59 Å². The van der Waals surface area contributed by atoms with Crippen LogP contribution in [-0.4, -0.2) is 41.6 Å². The molecular weight excluding hydrogens is 258 g/mol. The zero-order valence-electron chi connectivity index (χ0n) is 11.5. The molecule has 0 bridgehead atoms. The lowest BCUT2D eigenvalue weighted by atomic mass is 9.97. The van der Waals surface area contributed by atoms with E-state index in [-0.39, 0.29) is 23.5 Å². The van der Waals surface area contributed by atoms with Crippen molar-refractivity contribution in [3.8, 4) is 5.75 Å². The van der Waals surface area contributed by atoms with Crippen LogP contribution in [0.5, 0.6) is 5.75 Å². The van der Waals surface area contributed by atoms with Crippen LogP contribution in [0, 0.1) is 5.92 Å². The molecule has 1 aromatic carbocycles. The minimum absolute atomic E-state index is 0.0646. The number of aromatic hydroxyl groups is 1. The van der Waals surface area contributed by atoms with Gasteiger partial charge in [0.2, 0.25) is 0 Å². The van der Waals surface area contributed by atoms with E-state index in [1.54, 1.807) is 24.0 Å². The zero-order valence-corrected chi connectivity index (χ0v) is 11.5. The Hall–Kier alpha value is -2.04. The number of ether oxygens (including phenoxy) is 1. The standard InChI is InChI=1S/C15H19NO4/c1-2-20-15(19)12-6-4-8-16(10-12)14(18)11-5-3-7-13(17)9-11/h3,5,7,9,12,17H,2,4,6,8,10H2,1H3/t12-/m0/s1. The van der Waals surface area contributed by atoms with Gasteiger partial charge < -0.3 is 14.7 Å². The second kappa shape index (κ2) is 6.41. The van der Waals surface area contributed by atoms with Gasteiger partial charge in [-0.1, -0.05) is 6.07 Å². The van der Waals surface area contributed by atoms with Crippen molar-refractivity contribution < 1.29 is 19.4 Å². The highest BCUT2D eigenvalue weighted by Crippen LogP contribution is 2.21. The first kappa shape index (κ1) is 14.4. The Bertz CT molecular complexity index is 500. The number of esters is 1. The number of benzene rings is 1. The molecule has 1 heterocycles. The molecule has 2 rings (SSSR count). The van der Waals surface area contributed by atoms with E-state index in [1.165, 1.54) is 12.1 Å². The Morgan fingerprint density at radius 3 is 2.95 bits per heavy atom. The molecule has 5 nitrogen and oxygen atoms in total. The molecule has 1 aliphatic heterocycles. The van der Waals surface area contributed by atoms with Gasteiger partial charge in [-0.2, -0.15) is 0 Å². The van der Waals surface area contributed by atoms with Crippen LogP contribution in [0.2, 0.25) is 0 Å². The summed E-state index contributed by atoms with van der Waals surface area (Å²) in [5.41, 5.74) is 0.439. The number of carbonyl (C=O) groups is 2. The summed E-state index contributed by atoms with van der Waals surface area (Å²) in [6.07, 6.45) is 1.54. The van der Waals surface area contributed by atoms with Crippen LogP contribution in [0.4, 0.5) is 0 Å². The van der Waals surface area contributed by atoms with Crippen LogP contribution in [0.25, 0.3) is 0 Å². The number of nitrogens with zero attached hydrogens (tertiary/aromatic N) is 1. The van der Waals surface area contributed by atoms with Crippen LogP contribution in [-0.2, 0) is 9.53 Å². The third-order valence-electron chi connectivity index (χ3n) is 3.42. The summed E-state index contributed by atoms with van der Waals surface area (Å²) in [5.74, 6) is -0.574. The lowest BCUT2D eigenvalue weighted by molar-refractivity contribution is -0.149. The monoisotopic (exact) mass is 277 g/mol. The third-order valence-corrected chi connectivity index (χ3v) is 3.42. The molecule has 1 N–H and O–H groups in total. The first-order valence-corrected chi connectivity index (χ1v) is 6.86. The summed E-state index contributed by atoms with van der Waals surface area (Å²) in [7, 11) is 0. The van der Waals surface area contributed by atoms with Gasteiger partial charge in [-0.15, -0.1) is 0 Å². The summed E-state index contributed by atoms with van der Waals surface area (Å²) >= 11 is 0. The molecule has 0 saturated carbocycles. The summed E-state index contributed by atoms with van der Waals surface area (Å²) < 4.78 is 5.02. The fourth-order valence-electron chi connectivity index (χ4n) is 2.44. The maximum Gasteiger partial charge on any atom is 0.310 e. The van der Waals surface area contributed by atoms with Crippen molar-refractivity contribution in [2.24, 2.45) is 5.92 Å². The minimum Gasteiger partial charge on any atom is -0.508 e. The molecule has 1 saturated heterocycles. The van der Waals surface area contributed by atoms with Crippen LogP contribution >= 0.6 is 0 Å². The summed E-state index contributed by atoms with van der Waals surface area (Å²) in [6.45, 7) is 3.14. The molecule has 0 unspecified atom stereocenters. The second-order valence-electron chi connectivity index (χ2n) is 4.89. The number of rotatable bonds is 3. The Morgan fingerprint density at radius 1 is 1.45 bits per heavy atom. The van der Waals surface area contributed by atoms with Crippen LogP contribution in [0.3, 0.4) is 0 Å². The number of hydrogen-bond acceptors (Lipinski definition) is 4. The highest BCUT2D eigenvalue weighted by Gasteiger charge is 2.29. The average Bonchev–Trinajstić information content (AvgIpc) is 2.47. The van der Waals surface area contributed by atoms with Crippen molar-refractivity contribution >= 4 is 11.9 Å². The Morgan fingerprint density at radius 2 is 2.25 bits per heavy atom. The van der Waals surface area contributed by atoms with Crippen molar-refractivity contribution in [2.75, 3.05) is 19.7 Å². The number of hydrogen-bond donors (Lipinski definition) is 1. The maximum atomic E-state index is 12.3. The lowest BCUT2D eigenvalue weighted by Crippen LogP contribution is -2.42. The largest absolute Gasteiger partial charge is 0.508 e. The number of likely N-dealkylation sites (tertiary alicyclic amines) is 1. The fraction of sp³-hybridized carbons (Fsp3) is 0.467. The number of phenolic OH excluding ortho intramolecular Hbond substituents is 1. The highest BCUT2D eigenvalue weighted by molar-refractivity contribution is 5.95. The molecule has 0 aliphatic carbocycles. The molecule has 0 aromatic heterocycles. The maximum absolute atomic E-state index is 12.3. The van der Waals surface area contributed by atoms with E-state index in [0.717, 1.165) is 12.8 Å². The molecule has 1 aromatic rings. The van der Waals surface area contributed by atoms with E-state index in [1.807, 2.05) is 0 Å². The van der Waals surface area contributed by atoms with Crippen molar-refractivity contribution in [3.63, 3.8) is 0 Å². The molecule has 5 heteroatoms. The Kier molecular flexibility index (Phi) is 4.61. The molecule has 1 fully saturated rings. The number of piperidine rings is 1. The molecule has 20 heavy (non-hydrogen) atoms. The molecule has 0 radical (unpaired) electrons. The number of carbonyl (C=O) groups excluding carboxylic acids is 2. The van der Waals surface area contributed by atoms with Gasteiger partial charge in [0.15, 0.2) is 0 Å². The van der Waals surface area contributed by atoms with E-state index in [2.05, 4.69) is 0 Å². The summed E-state index contributed by atoms with van der Waals surface area (Å²) in [5, 5.41) is 9.43. The fourth-order valence-corrected chi connectivity index (χ4v) is 2.44. The quantitative estimate of drug-likeness (QED) is 0.856. The molecule has 1 amide bonds. The molecule has 1 atom stereocenters. The van der Waals surface area contributed by atoms with Gasteiger partial charge in [0.25, 0.3) is 5.91 Å². The average molecular weight is 277 g/mol. The SMILES string of the molecule is CCOC(=O)[C@H]1CCCN(C(=O)c2cccc(O)c2)C1. The Labute approximate surface area is 118 Å². The summed E-state index contributed by atoms with van der Waals surface area (Å²) in [6, 6.07) is 6.26. The van der Waals surface area contributed by atoms with Crippen molar-refractivity contribution in [1.29, 1.82) is 0 Å². The van der Waals surface area contributed by atoms with E-state index < -0.39 is 0 Å². The number of amides is 1. The normalized spacial score (nSPS) is 18.6. The van der Waals surface area contributed by atoms with Crippen molar-refractivity contribution in [1.82, 2.24) is 4.90 Å². The van der Waals surface area contributed by atoms with Crippen molar-refractivity contribution in [2.45, 2.75) is 19.8 Å². The van der Waals surface area contributed by atoms with Crippen molar-refractivity contribution in [3.05, 3.63) is 29.8 Å². The van der Waals surface area contributed by atoms with Crippen LogP contribution in [0.15, 0.2) is 24.3 Å². The molecule has 1 aliphatic rings. The first-order chi connectivity index (χ1) is 9.61. The topological polar surface area (TPSA) is 66.8 Å². The van der Waals surface area contributed by atoms with Crippen LogP contribution in [0.1, 0.15) is 30.1 Å². The minimum atomic E-state index is -0.245. The smallest absolute Gasteiger partial charge is 0.310 e.